The van der Waals surface area contributed by atoms with E-state index in [4.69, 9.17) is 33.2 Å². The number of hydrogen-bond acceptors (Lipinski definition) is 0. The fourth-order valence-corrected chi connectivity index (χ4v) is 18.5. The summed E-state index contributed by atoms with van der Waals surface area (Å²) in [5, 5.41) is 0. The van der Waals surface area contributed by atoms with Crippen LogP contribution < -0.4 is 0 Å². The van der Waals surface area contributed by atoms with E-state index < -0.39 is 14.1 Å². The van der Waals surface area contributed by atoms with Crippen molar-refractivity contribution in [2.24, 2.45) is 5.92 Å². The largest absolute Gasteiger partial charge is 0.250 e. The average Bonchev–Trinajstić information content (AvgIpc) is 2.35. The molecule has 5 heteroatoms. The molecule has 1 aliphatic carbocycles. The maximum absolute atomic E-state index is 7.05. The van der Waals surface area contributed by atoms with Gasteiger partial charge in [-0.2, -0.15) is 11.1 Å². The average molecular weight is 344 g/mol. The molecule has 1 aliphatic heterocycles. The fourth-order valence-electron chi connectivity index (χ4n) is 3.82. The molecule has 0 aromatic carbocycles. The SMILES string of the molecule is CCCC1CCC([Si]2(Cl)CC[Si](Cl)(Cl)CC2)CC1. The first-order valence-electron chi connectivity index (χ1n) is 7.52. The smallest absolute Gasteiger partial charge is 0.167 e. The van der Waals surface area contributed by atoms with Gasteiger partial charge in [0, 0.05) is 0 Å². The molecule has 2 fully saturated rings. The molecular formula is C13H25Cl3Si2. The highest BCUT2D eigenvalue weighted by Crippen LogP contribution is 2.52. The fraction of sp³-hybridized carbons (Fsp3) is 1.00. The highest BCUT2D eigenvalue weighted by Gasteiger charge is 2.48. The molecule has 106 valence electrons. The lowest BCUT2D eigenvalue weighted by Crippen LogP contribution is -2.42. The Labute approximate surface area is 128 Å². The minimum absolute atomic E-state index is 0.853. The van der Waals surface area contributed by atoms with Crippen molar-refractivity contribution >= 4 is 47.3 Å². The van der Waals surface area contributed by atoms with Crippen LogP contribution in [-0.2, 0) is 0 Å². The van der Waals surface area contributed by atoms with Crippen LogP contribution in [0.2, 0.25) is 29.7 Å². The van der Waals surface area contributed by atoms with Gasteiger partial charge in [0.25, 0.3) is 6.69 Å². The number of halogens is 3. The molecular weight excluding hydrogens is 319 g/mol. The van der Waals surface area contributed by atoms with Gasteiger partial charge in [0.05, 0.1) is 0 Å². The van der Waals surface area contributed by atoms with Gasteiger partial charge in [0.15, 0.2) is 7.38 Å². The van der Waals surface area contributed by atoms with Crippen LogP contribution in [0, 0.1) is 5.92 Å². The van der Waals surface area contributed by atoms with Crippen molar-refractivity contribution in [3.8, 4) is 0 Å². The predicted octanol–water partition coefficient (Wildman–Crippen LogP) is 6.46. The summed E-state index contributed by atoms with van der Waals surface area (Å²) >= 11 is 19.8. The van der Waals surface area contributed by atoms with Crippen molar-refractivity contribution in [2.75, 3.05) is 0 Å². The molecule has 0 N–H and O–H groups in total. The normalized spacial score (nSPS) is 35.3. The van der Waals surface area contributed by atoms with E-state index in [1.54, 1.807) is 0 Å². The molecule has 2 aliphatic rings. The van der Waals surface area contributed by atoms with E-state index in [9.17, 15) is 0 Å². The van der Waals surface area contributed by atoms with Crippen molar-refractivity contribution in [2.45, 2.75) is 75.2 Å². The Morgan fingerprint density at radius 2 is 1.44 bits per heavy atom. The molecule has 0 amide bonds. The zero-order valence-electron chi connectivity index (χ0n) is 11.4. The second-order valence-corrected chi connectivity index (χ2v) is 20.2. The van der Waals surface area contributed by atoms with E-state index in [-0.39, 0.29) is 0 Å². The second kappa shape index (κ2) is 6.38. The molecule has 1 heterocycles. The first-order chi connectivity index (χ1) is 8.45. The van der Waals surface area contributed by atoms with Gasteiger partial charge in [-0.05, 0) is 35.6 Å². The summed E-state index contributed by atoms with van der Waals surface area (Å²) in [7, 11) is -1.54. The van der Waals surface area contributed by atoms with Gasteiger partial charge < -0.3 is 0 Å². The molecule has 0 atom stereocenters. The molecule has 0 spiro atoms. The van der Waals surface area contributed by atoms with Crippen molar-refractivity contribution < 1.29 is 0 Å². The van der Waals surface area contributed by atoms with Crippen molar-refractivity contribution in [3.63, 3.8) is 0 Å². The summed E-state index contributed by atoms with van der Waals surface area (Å²) in [5.41, 5.74) is 0.853. The van der Waals surface area contributed by atoms with Gasteiger partial charge in [0.2, 0.25) is 0 Å². The Balaban J connectivity index is 1.85. The standard InChI is InChI=1S/C13H25Cl3Si2/c1-2-3-12-4-6-13(7-5-12)17(14)8-10-18(15,16)11-9-17/h12-13H,2-11H2,1H3. The van der Waals surface area contributed by atoms with Crippen LogP contribution in [0.15, 0.2) is 0 Å². The zero-order chi connectivity index (χ0) is 13.2. The molecule has 1 saturated carbocycles. The number of rotatable bonds is 3. The van der Waals surface area contributed by atoms with Gasteiger partial charge in [-0.15, -0.1) is 22.2 Å². The van der Waals surface area contributed by atoms with Crippen LogP contribution in [0.25, 0.3) is 0 Å². The number of hydrogen-bond donors (Lipinski definition) is 0. The molecule has 18 heavy (non-hydrogen) atoms. The molecule has 0 unspecified atom stereocenters. The zero-order valence-corrected chi connectivity index (χ0v) is 15.6. The third kappa shape index (κ3) is 3.91. The molecule has 0 radical (unpaired) electrons. The predicted molar refractivity (Wildman–Crippen MR) is 88.9 cm³/mol. The van der Waals surface area contributed by atoms with Crippen LogP contribution >= 0.6 is 33.2 Å². The Hall–Kier alpha value is 1.30. The highest BCUT2D eigenvalue weighted by atomic mass is 35.7. The maximum atomic E-state index is 7.05. The van der Waals surface area contributed by atoms with Crippen molar-refractivity contribution in [1.82, 2.24) is 0 Å². The third-order valence-corrected chi connectivity index (χ3v) is 16.6. The summed E-state index contributed by atoms with van der Waals surface area (Å²) in [6, 6.07) is 4.50. The van der Waals surface area contributed by atoms with Gasteiger partial charge in [0.1, 0.15) is 0 Å². The van der Waals surface area contributed by atoms with Gasteiger partial charge >= 0.3 is 0 Å². The monoisotopic (exact) mass is 342 g/mol. The Morgan fingerprint density at radius 3 is 1.94 bits per heavy atom. The molecule has 0 aromatic rings. The van der Waals surface area contributed by atoms with Gasteiger partial charge in [-0.1, -0.05) is 45.4 Å². The molecule has 1 saturated heterocycles. The lowest BCUT2D eigenvalue weighted by Gasteiger charge is -2.42. The second-order valence-electron chi connectivity index (χ2n) is 6.40. The summed E-state index contributed by atoms with van der Waals surface area (Å²) in [6.45, 7) is 0.427. The first kappa shape index (κ1) is 15.7. The Morgan fingerprint density at radius 1 is 0.889 bits per heavy atom. The Bertz CT molecular complexity index is 265. The lowest BCUT2D eigenvalue weighted by atomic mass is 9.86. The van der Waals surface area contributed by atoms with Gasteiger partial charge in [-0.25, -0.2) is 0 Å². The summed E-state index contributed by atoms with van der Waals surface area (Å²) in [5.74, 6) is 0.985. The van der Waals surface area contributed by atoms with Crippen LogP contribution in [0.4, 0.5) is 0 Å². The molecule has 0 aromatic heterocycles. The van der Waals surface area contributed by atoms with Crippen molar-refractivity contribution in [3.05, 3.63) is 0 Å². The summed E-state index contributed by atoms with van der Waals surface area (Å²) in [4.78, 5) is 0. The molecule has 0 nitrogen and oxygen atoms in total. The maximum Gasteiger partial charge on any atom is 0.250 e. The quantitative estimate of drug-likeness (QED) is 0.407. The summed E-state index contributed by atoms with van der Waals surface area (Å²) < 4.78 is 0. The van der Waals surface area contributed by atoms with E-state index in [2.05, 4.69) is 6.92 Å². The summed E-state index contributed by atoms with van der Waals surface area (Å²) in [6.07, 6.45) is 8.38. The third-order valence-electron chi connectivity index (χ3n) is 5.09. The van der Waals surface area contributed by atoms with Crippen molar-refractivity contribution in [1.29, 1.82) is 0 Å². The van der Waals surface area contributed by atoms with E-state index in [1.165, 1.54) is 50.6 Å². The van der Waals surface area contributed by atoms with Crippen LogP contribution in [-0.4, -0.2) is 14.1 Å². The lowest BCUT2D eigenvalue weighted by molar-refractivity contribution is 0.332. The molecule has 2 rings (SSSR count). The first-order valence-corrected chi connectivity index (χ1v) is 15.5. The highest BCUT2D eigenvalue weighted by molar-refractivity contribution is 7.46. The van der Waals surface area contributed by atoms with Crippen LogP contribution in [0.3, 0.4) is 0 Å². The van der Waals surface area contributed by atoms with E-state index in [0.717, 1.165) is 23.5 Å². The van der Waals surface area contributed by atoms with Crippen LogP contribution in [0.5, 0.6) is 0 Å². The van der Waals surface area contributed by atoms with E-state index >= 15 is 0 Å². The van der Waals surface area contributed by atoms with E-state index in [1.807, 2.05) is 0 Å². The minimum atomic E-state index is -1.87. The Kier molecular flexibility index (Phi) is 5.56. The van der Waals surface area contributed by atoms with Gasteiger partial charge in [-0.3, -0.25) is 0 Å². The minimum Gasteiger partial charge on any atom is -0.167 e. The van der Waals surface area contributed by atoms with Crippen LogP contribution in [0.1, 0.15) is 45.4 Å². The topological polar surface area (TPSA) is 0 Å². The molecule has 0 bridgehead atoms. The van der Waals surface area contributed by atoms with E-state index in [0.29, 0.717) is 0 Å².